The Morgan fingerprint density at radius 3 is 1.90 bits per heavy atom. The highest BCUT2D eigenvalue weighted by Gasteiger charge is 2.31. The van der Waals surface area contributed by atoms with Crippen LogP contribution in [0.4, 0.5) is 4.39 Å². The fourth-order valence-electron chi connectivity index (χ4n) is 5.49. The minimum Gasteiger partial charge on any atom is -0.481 e. The first-order valence-corrected chi connectivity index (χ1v) is 17.3. The fraction of sp³-hybridized carbons (Fsp3) is 0.146. The summed E-state index contributed by atoms with van der Waals surface area (Å²) in [6.45, 7) is 2.10. The molecule has 0 aliphatic carbocycles. The number of halogens is 4. The lowest BCUT2D eigenvalue weighted by Crippen LogP contribution is -2.13. The predicted octanol–water partition coefficient (Wildman–Crippen LogP) is 13.4. The highest BCUT2D eigenvalue weighted by Crippen LogP contribution is 2.56. The van der Waals surface area contributed by atoms with Crippen LogP contribution in [-0.4, -0.2) is 5.97 Å². The maximum Gasteiger partial charge on any atom is 0.343 e. The minimum atomic E-state index is -0.735. The summed E-state index contributed by atoms with van der Waals surface area (Å²) in [5.74, 6) is -0.357. The molecule has 9 heteroatoms. The molecule has 0 saturated carbocycles. The molecule has 0 fully saturated rings. The quantitative estimate of drug-likeness (QED) is 0.0673. The van der Waals surface area contributed by atoms with Crippen LogP contribution in [0.1, 0.15) is 54.6 Å². The number of esters is 1. The van der Waals surface area contributed by atoms with Crippen LogP contribution < -0.4 is 18.9 Å². The van der Waals surface area contributed by atoms with E-state index in [4.69, 9.17) is 53.8 Å². The van der Waals surface area contributed by atoms with Crippen molar-refractivity contribution in [2.45, 2.75) is 38.7 Å². The van der Waals surface area contributed by atoms with E-state index in [2.05, 4.69) is 6.92 Å². The van der Waals surface area contributed by atoms with Crippen molar-refractivity contribution in [3.05, 3.63) is 153 Å². The van der Waals surface area contributed by atoms with Crippen molar-refractivity contribution < 1.29 is 28.1 Å². The summed E-state index contributed by atoms with van der Waals surface area (Å²) in [5.41, 5.74) is 0.679. The number of hydrogen-bond acceptors (Lipinski definition) is 5. The van der Waals surface area contributed by atoms with Gasteiger partial charge >= 0.3 is 5.97 Å². The smallest absolute Gasteiger partial charge is 0.343 e. The molecule has 6 aromatic carbocycles. The van der Waals surface area contributed by atoms with E-state index in [1.165, 1.54) is 6.07 Å². The first-order chi connectivity index (χ1) is 24.3. The molecule has 0 bridgehead atoms. The Morgan fingerprint density at radius 1 is 0.660 bits per heavy atom. The van der Waals surface area contributed by atoms with Crippen molar-refractivity contribution in [2.24, 2.45) is 0 Å². The molecule has 0 spiro atoms. The van der Waals surface area contributed by atoms with Gasteiger partial charge in [0.05, 0.1) is 15.6 Å². The second-order valence-corrected chi connectivity index (χ2v) is 12.7. The standard InChI is InChI=1S/C41H32Cl3FO5/c1-2-3-5-20-34(29-16-8-11-19-33(29)45)47-37-28-24-23-27(42)25-30(28)38(50-41(46)26-14-6-4-7-15-26)40(49-36-22-13-10-18-32(36)44)39(37)48-35-21-12-9-17-31(35)43/h4,6-19,21-25,34H,2-3,5,20H2,1H3. The highest BCUT2D eigenvalue weighted by molar-refractivity contribution is 6.32. The van der Waals surface area contributed by atoms with Gasteiger partial charge in [-0.15, -0.1) is 0 Å². The molecule has 0 saturated heterocycles. The van der Waals surface area contributed by atoms with Gasteiger partial charge in [-0.2, -0.15) is 0 Å². The van der Waals surface area contributed by atoms with Crippen LogP contribution >= 0.6 is 34.8 Å². The van der Waals surface area contributed by atoms with Gasteiger partial charge in [-0.05, 0) is 73.5 Å². The van der Waals surface area contributed by atoms with Gasteiger partial charge < -0.3 is 18.9 Å². The normalized spacial score (nSPS) is 11.6. The highest BCUT2D eigenvalue weighted by atomic mass is 35.5. The van der Waals surface area contributed by atoms with Crippen molar-refractivity contribution in [1.29, 1.82) is 0 Å². The summed E-state index contributed by atoms with van der Waals surface area (Å²) in [4.78, 5) is 13.7. The molecule has 254 valence electrons. The Labute approximate surface area is 305 Å². The van der Waals surface area contributed by atoms with Gasteiger partial charge in [-0.25, -0.2) is 9.18 Å². The summed E-state index contributed by atoms with van der Waals surface area (Å²) in [5, 5.41) is 1.79. The van der Waals surface area contributed by atoms with E-state index in [9.17, 15) is 4.79 Å². The Bertz CT molecular complexity index is 2120. The molecule has 0 N–H and O–H groups in total. The fourth-order valence-corrected chi connectivity index (χ4v) is 6.01. The van der Waals surface area contributed by atoms with E-state index in [0.29, 0.717) is 38.4 Å². The van der Waals surface area contributed by atoms with E-state index < -0.39 is 17.9 Å². The molecule has 0 aliphatic rings. The van der Waals surface area contributed by atoms with Crippen LogP contribution in [0.25, 0.3) is 10.8 Å². The number of benzene rings is 6. The number of fused-ring (bicyclic) bond motifs is 1. The van der Waals surface area contributed by atoms with Crippen LogP contribution in [-0.2, 0) is 0 Å². The van der Waals surface area contributed by atoms with Crippen molar-refractivity contribution >= 4 is 51.5 Å². The number of ether oxygens (including phenoxy) is 4. The zero-order valence-corrected chi connectivity index (χ0v) is 29.3. The number of unbranched alkanes of at least 4 members (excludes halogenated alkanes) is 2. The second kappa shape index (κ2) is 16.3. The maximum atomic E-state index is 15.5. The lowest BCUT2D eigenvalue weighted by Gasteiger charge is -2.26. The zero-order valence-electron chi connectivity index (χ0n) is 27.0. The van der Waals surface area contributed by atoms with Gasteiger partial charge in [-0.1, -0.05) is 115 Å². The molecule has 1 atom stereocenters. The molecule has 0 amide bonds. The third-order valence-electron chi connectivity index (χ3n) is 7.97. The summed E-state index contributed by atoms with van der Waals surface area (Å²) < 4.78 is 41.6. The van der Waals surface area contributed by atoms with E-state index in [1.807, 2.05) is 0 Å². The number of carbonyl (C=O) groups is 1. The summed E-state index contributed by atoms with van der Waals surface area (Å²) in [6.07, 6.45) is 2.42. The molecular weight excluding hydrogens is 698 g/mol. The lowest BCUT2D eigenvalue weighted by molar-refractivity contribution is 0.0732. The molecule has 5 nitrogen and oxygen atoms in total. The summed E-state index contributed by atoms with van der Waals surface area (Å²) >= 11 is 19.8. The monoisotopic (exact) mass is 728 g/mol. The first kappa shape index (κ1) is 35.1. The largest absolute Gasteiger partial charge is 0.481 e. The molecule has 1 unspecified atom stereocenters. The van der Waals surface area contributed by atoms with Crippen LogP contribution in [0, 0.1) is 5.82 Å². The van der Waals surface area contributed by atoms with Gasteiger partial charge in [0, 0.05) is 21.4 Å². The van der Waals surface area contributed by atoms with Crippen LogP contribution in [0.2, 0.25) is 15.1 Å². The molecule has 0 aromatic heterocycles. The molecule has 0 radical (unpaired) electrons. The maximum absolute atomic E-state index is 15.5. The summed E-state index contributed by atoms with van der Waals surface area (Å²) in [7, 11) is 0. The molecule has 0 heterocycles. The number of hydrogen-bond donors (Lipinski definition) is 0. The average Bonchev–Trinajstić information content (AvgIpc) is 3.12. The van der Waals surface area contributed by atoms with Gasteiger partial charge in [-0.3, -0.25) is 0 Å². The van der Waals surface area contributed by atoms with E-state index in [0.717, 1.165) is 19.3 Å². The third-order valence-corrected chi connectivity index (χ3v) is 8.83. The van der Waals surface area contributed by atoms with E-state index in [1.54, 1.807) is 115 Å². The van der Waals surface area contributed by atoms with E-state index >= 15 is 4.39 Å². The lowest BCUT2D eigenvalue weighted by atomic mass is 10.0. The minimum absolute atomic E-state index is 0.000832. The molecule has 6 aromatic rings. The topological polar surface area (TPSA) is 54.0 Å². The SMILES string of the molecule is CCCCCC(Oc1c(Oc2ccccc2Cl)c(Oc2ccccc2Cl)c(OC(=O)c2ccccc2)c2cc(Cl)ccc12)c1ccccc1F. The Kier molecular flexibility index (Phi) is 11.4. The van der Waals surface area contributed by atoms with Crippen LogP contribution in [0.3, 0.4) is 0 Å². The molecule has 50 heavy (non-hydrogen) atoms. The van der Waals surface area contributed by atoms with Gasteiger partial charge in [0.2, 0.25) is 11.5 Å². The second-order valence-electron chi connectivity index (χ2n) is 11.5. The van der Waals surface area contributed by atoms with Crippen molar-refractivity contribution in [3.63, 3.8) is 0 Å². The summed E-state index contributed by atoms with van der Waals surface area (Å²) in [6, 6.07) is 33.9. The van der Waals surface area contributed by atoms with Gasteiger partial charge in [0.15, 0.2) is 11.5 Å². The van der Waals surface area contributed by atoms with E-state index in [-0.39, 0.29) is 39.5 Å². The molecular formula is C41H32Cl3FO5. The van der Waals surface area contributed by atoms with Crippen molar-refractivity contribution in [2.75, 3.05) is 0 Å². The third kappa shape index (κ3) is 8.00. The number of rotatable bonds is 13. The number of para-hydroxylation sites is 2. The van der Waals surface area contributed by atoms with Gasteiger partial charge in [0.1, 0.15) is 23.4 Å². The molecule has 0 aliphatic heterocycles. The molecule has 6 rings (SSSR count). The van der Waals surface area contributed by atoms with Crippen LogP contribution in [0.15, 0.2) is 121 Å². The van der Waals surface area contributed by atoms with Crippen molar-refractivity contribution in [3.8, 4) is 34.5 Å². The number of carbonyl (C=O) groups excluding carboxylic acids is 1. The Hall–Kier alpha value is -4.75. The van der Waals surface area contributed by atoms with Crippen LogP contribution in [0.5, 0.6) is 34.5 Å². The zero-order chi connectivity index (χ0) is 35.0. The van der Waals surface area contributed by atoms with Gasteiger partial charge in [0.25, 0.3) is 0 Å². The predicted molar refractivity (Wildman–Crippen MR) is 197 cm³/mol. The first-order valence-electron chi connectivity index (χ1n) is 16.2. The Balaban J connectivity index is 1.65. The van der Waals surface area contributed by atoms with Crippen molar-refractivity contribution in [1.82, 2.24) is 0 Å². The average molecular weight is 730 g/mol. The Morgan fingerprint density at radius 2 is 1.26 bits per heavy atom.